The summed E-state index contributed by atoms with van der Waals surface area (Å²) in [6.07, 6.45) is 3.32. The standard InChI is InChI=1S/C7H14N2O2/c1-3-4-8-7(10)9-5-6-11-2/h3-4H,5-6H2,1-2H3,(H2,8,9,10)/b4-3+. The van der Waals surface area contributed by atoms with E-state index in [0.717, 1.165) is 0 Å². The smallest absolute Gasteiger partial charge is 0.318 e. The van der Waals surface area contributed by atoms with Gasteiger partial charge in [-0.2, -0.15) is 0 Å². The molecule has 0 unspecified atom stereocenters. The molecule has 4 heteroatoms. The van der Waals surface area contributed by atoms with Crippen LogP contribution in [0.5, 0.6) is 0 Å². The molecule has 0 spiro atoms. The number of urea groups is 1. The van der Waals surface area contributed by atoms with E-state index in [0.29, 0.717) is 13.2 Å². The first-order valence-electron chi connectivity index (χ1n) is 3.45. The minimum Gasteiger partial charge on any atom is -0.383 e. The van der Waals surface area contributed by atoms with Crippen molar-refractivity contribution in [3.05, 3.63) is 12.3 Å². The summed E-state index contributed by atoms with van der Waals surface area (Å²) in [7, 11) is 1.59. The summed E-state index contributed by atoms with van der Waals surface area (Å²) >= 11 is 0. The lowest BCUT2D eigenvalue weighted by Crippen LogP contribution is -2.34. The zero-order valence-corrected chi connectivity index (χ0v) is 6.89. The van der Waals surface area contributed by atoms with Crippen molar-refractivity contribution in [3.8, 4) is 0 Å². The van der Waals surface area contributed by atoms with Crippen molar-refractivity contribution in [1.82, 2.24) is 10.6 Å². The summed E-state index contributed by atoms with van der Waals surface area (Å²) in [6, 6.07) is -0.208. The van der Waals surface area contributed by atoms with E-state index < -0.39 is 0 Å². The van der Waals surface area contributed by atoms with Gasteiger partial charge in [0, 0.05) is 19.9 Å². The number of rotatable bonds is 4. The summed E-state index contributed by atoms with van der Waals surface area (Å²) in [5.41, 5.74) is 0. The third-order valence-electron chi connectivity index (χ3n) is 0.973. The number of allylic oxidation sites excluding steroid dienone is 1. The second-order valence-corrected chi connectivity index (χ2v) is 1.89. The average molecular weight is 158 g/mol. The van der Waals surface area contributed by atoms with Crippen LogP contribution in [0.3, 0.4) is 0 Å². The van der Waals surface area contributed by atoms with Gasteiger partial charge in [0.15, 0.2) is 0 Å². The van der Waals surface area contributed by atoms with E-state index in [-0.39, 0.29) is 6.03 Å². The van der Waals surface area contributed by atoms with Gasteiger partial charge < -0.3 is 15.4 Å². The Labute approximate surface area is 66.6 Å². The molecule has 0 aliphatic heterocycles. The zero-order chi connectivity index (χ0) is 8.53. The monoisotopic (exact) mass is 158 g/mol. The lowest BCUT2D eigenvalue weighted by molar-refractivity contribution is 0.196. The molecule has 0 aromatic carbocycles. The molecule has 0 aromatic rings. The molecular weight excluding hydrogens is 144 g/mol. The molecule has 0 rings (SSSR count). The van der Waals surface area contributed by atoms with Crippen molar-refractivity contribution in [2.75, 3.05) is 20.3 Å². The van der Waals surface area contributed by atoms with Crippen LogP contribution in [0.4, 0.5) is 4.79 Å². The van der Waals surface area contributed by atoms with Crippen LogP contribution < -0.4 is 10.6 Å². The van der Waals surface area contributed by atoms with Crippen molar-refractivity contribution in [3.63, 3.8) is 0 Å². The third kappa shape index (κ3) is 6.86. The van der Waals surface area contributed by atoms with Crippen molar-refractivity contribution < 1.29 is 9.53 Å². The molecule has 0 saturated carbocycles. The molecule has 0 radical (unpaired) electrons. The maximum absolute atomic E-state index is 10.7. The summed E-state index contributed by atoms with van der Waals surface area (Å²) in [5.74, 6) is 0. The van der Waals surface area contributed by atoms with Crippen LogP contribution in [-0.4, -0.2) is 26.3 Å². The number of nitrogens with one attached hydrogen (secondary N) is 2. The molecule has 11 heavy (non-hydrogen) atoms. The molecule has 0 atom stereocenters. The SMILES string of the molecule is C/C=C/NC(=O)NCCOC. The largest absolute Gasteiger partial charge is 0.383 e. The summed E-state index contributed by atoms with van der Waals surface area (Å²) in [5, 5.41) is 5.10. The average Bonchev–Trinajstić information content (AvgIpc) is 2.01. The van der Waals surface area contributed by atoms with Crippen LogP contribution >= 0.6 is 0 Å². The maximum Gasteiger partial charge on any atom is 0.318 e. The van der Waals surface area contributed by atoms with E-state index >= 15 is 0 Å². The topological polar surface area (TPSA) is 50.4 Å². The quantitative estimate of drug-likeness (QED) is 0.584. The van der Waals surface area contributed by atoms with Gasteiger partial charge in [0.2, 0.25) is 0 Å². The van der Waals surface area contributed by atoms with Gasteiger partial charge >= 0.3 is 6.03 Å². The number of hydrogen-bond acceptors (Lipinski definition) is 2. The molecule has 4 nitrogen and oxygen atoms in total. The van der Waals surface area contributed by atoms with Gasteiger partial charge in [0.1, 0.15) is 0 Å². The van der Waals surface area contributed by atoms with Crippen LogP contribution in [0.15, 0.2) is 12.3 Å². The first-order valence-corrected chi connectivity index (χ1v) is 3.45. The Morgan fingerprint density at radius 3 is 2.91 bits per heavy atom. The minimum atomic E-state index is -0.208. The molecule has 0 saturated heterocycles. The minimum absolute atomic E-state index is 0.208. The lowest BCUT2D eigenvalue weighted by atomic mass is 10.6. The van der Waals surface area contributed by atoms with E-state index in [4.69, 9.17) is 4.74 Å². The Bertz CT molecular complexity index is 134. The fraction of sp³-hybridized carbons (Fsp3) is 0.571. The van der Waals surface area contributed by atoms with Gasteiger partial charge in [-0.05, 0) is 6.92 Å². The molecular formula is C7H14N2O2. The Kier molecular flexibility index (Phi) is 6.42. The van der Waals surface area contributed by atoms with Gasteiger partial charge in [-0.3, -0.25) is 0 Å². The van der Waals surface area contributed by atoms with Gasteiger partial charge in [0.05, 0.1) is 6.61 Å². The Hall–Kier alpha value is -1.03. The predicted octanol–water partition coefficient (Wildman–Crippen LogP) is 0.466. The molecule has 2 amide bonds. The second kappa shape index (κ2) is 7.08. The highest BCUT2D eigenvalue weighted by Gasteiger charge is 1.92. The highest BCUT2D eigenvalue weighted by molar-refractivity contribution is 5.74. The van der Waals surface area contributed by atoms with Crippen LogP contribution in [0.25, 0.3) is 0 Å². The van der Waals surface area contributed by atoms with E-state index in [1.807, 2.05) is 6.92 Å². The van der Waals surface area contributed by atoms with Crippen molar-refractivity contribution in [2.24, 2.45) is 0 Å². The fourth-order valence-electron chi connectivity index (χ4n) is 0.477. The van der Waals surface area contributed by atoms with Crippen LogP contribution in [-0.2, 0) is 4.74 Å². The highest BCUT2D eigenvalue weighted by atomic mass is 16.5. The number of hydrogen-bond donors (Lipinski definition) is 2. The summed E-state index contributed by atoms with van der Waals surface area (Å²) in [4.78, 5) is 10.7. The molecule has 0 aliphatic rings. The molecule has 0 fully saturated rings. The number of methoxy groups -OCH3 is 1. The molecule has 0 heterocycles. The molecule has 0 aromatic heterocycles. The van der Waals surface area contributed by atoms with E-state index in [1.165, 1.54) is 0 Å². The lowest BCUT2D eigenvalue weighted by Gasteiger charge is -2.02. The normalized spacial score (nSPS) is 10.0. The molecule has 64 valence electrons. The Morgan fingerprint density at radius 2 is 2.36 bits per heavy atom. The summed E-state index contributed by atoms with van der Waals surface area (Å²) < 4.78 is 4.74. The molecule has 2 N–H and O–H groups in total. The van der Waals surface area contributed by atoms with E-state index in [2.05, 4.69) is 10.6 Å². The van der Waals surface area contributed by atoms with Gasteiger partial charge in [0.25, 0.3) is 0 Å². The second-order valence-electron chi connectivity index (χ2n) is 1.89. The van der Waals surface area contributed by atoms with E-state index in [9.17, 15) is 4.79 Å². The van der Waals surface area contributed by atoms with E-state index in [1.54, 1.807) is 19.4 Å². The number of ether oxygens (including phenoxy) is 1. The first kappa shape index (κ1) is 9.97. The molecule has 0 aliphatic carbocycles. The van der Waals surface area contributed by atoms with Crippen molar-refractivity contribution >= 4 is 6.03 Å². The number of carbonyl (C=O) groups excluding carboxylic acids is 1. The van der Waals surface area contributed by atoms with Gasteiger partial charge in [-0.1, -0.05) is 6.08 Å². The van der Waals surface area contributed by atoms with Gasteiger partial charge in [-0.15, -0.1) is 0 Å². The van der Waals surface area contributed by atoms with Crippen LogP contribution in [0.1, 0.15) is 6.92 Å². The maximum atomic E-state index is 10.7. The first-order chi connectivity index (χ1) is 5.31. The van der Waals surface area contributed by atoms with Crippen LogP contribution in [0, 0.1) is 0 Å². The zero-order valence-electron chi connectivity index (χ0n) is 6.89. The van der Waals surface area contributed by atoms with Crippen LogP contribution in [0.2, 0.25) is 0 Å². The predicted molar refractivity (Wildman–Crippen MR) is 43.2 cm³/mol. The number of carbonyl (C=O) groups is 1. The van der Waals surface area contributed by atoms with Crippen molar-refractivity contribution in [2.45, 2.75) is 6.92 Å². The third-order valence-corrected chi connectivity index (χ3v) is 0.973. The van der Waals surface area contributed by atoms with Crippen molar-refractivity contribution in [1.29, 1.82) is 0 Å². The number of amides is 2. The fourth-order valence-corrected chi connectivity index (χ4v) is 0.477. The summed E-state index contributed by atoms with van der Waals surface area (Å²) in [6.45, 7) is 2.89. The van der Waals surface area contributed by atoms with Gasteiger partial charge in [-0.25, -0.2) is 4.79 Å². The highest BCUT2D eigenvalue weighted by Crippen LogP contribution is 1.68. The Balaban J connectivity index is 3.23. The Morgan fingerprint density at radius 1 is 1.64 bits per heavy atom. The molecule has 0 bridgehead atoms.